The van der Waals surface area contributed by atoms with Gasteiger partial charge in [-0.1, -0.05) is 289 Å². The first-order chi connectivity index (χ1) is 40.0. The van der Waals surface area contributed by atoms with E-state index in [1.54, 1.807) is 0 Å². The van der Waals surface area contributed by atoms with Crippen LogP contribution >= 0.6 is 0 Å². The van der Waals surface area contributed by atoms with Crippen molar-refractivity contribution < 1.29 is 60.0 Å². The van der Waals surface area contributed by atoms with Crippen LogP contribution in [-0.4, -0.2) is 84.3 Å². The zero-order valence-corrected chi connectivity index (χ0v) is 59.1. The number of aliphatic hydroxyl groups is 4. The zero-order chi connectivity index (χ0) is 63.7. The van der Waals surface area contributed by atoms with Gasteiger partial charge in [0, 0.05) is 45.3 Å². The van der Waals surface area contributed by atoms with Crippen LogP contribution in [0.4, 0.5) is 0 Å². The van der Waals surface area contributed by atoms with E-state index >= 15 is 0 Å². The van der Waals surface area contributed by atoms with Gasteiger partial charge < -0.3 is 60.0 Å². The fourth-order valence-electron chi connectivity index (χ4n) is 16.5. The number of carboxylic acids is 4. The van der Waals surface area contributed by atoms with Gasteiger partial charge in [-0.05, 0) is 77.0 Å². The molecular formula is C72H132GeO12. The monoisotopic (exact) mass is 1260 g/mol. The molecule has 0 aromatic rings. The third-order valence-electron chi connectivity index (χ3n) is 21.8. The van der Waals surface area contributed by atoms with E-state index in [1.165, 1.54) is 51.4 Å². The first kappa shape index (κ1) is 83.3. The molecule has 0 aromatic heterocycles. The summed E-state index contributed by atoms with van der Waals surface area (Å²) in [6.07, 6.45) is 44.3. The molecule has 0 amide bonds. The summed E-state index contributed by atoms with van der Waals surface area (Å²) in [6, 6.07) is 0. The molecule has 0 heterocycles. The van der Waals surface area contributed by atoms with Crippen molar-refractivity contribution >= 4 is 41.5 Å². The van der Waals surface area contributed by atoms with Gasteiger partial charge in [0.2, 0.25) is 0 Å². The second kappa shape index (κ2) is 41.6. The summed E-state index contributed by atoms with van der Waals surface area (Å²) in [7, 11) is 0. The Morgan fingerprint density at radius 1 is 0.247 bits per heavy atom. The smallest absolute Gasteiger partial charge is 0.547 e. The average Bonchev–Trinajstić information content (AvgIpc) is 1.60. The van der Waals surface area contributed by atoms with Crippen LogP contribution in [0.25, 0.3) is 0 Å². The molecule has 496 valence electrons. The van der Waals surface area contributed by atoms with E-state index < -0.39 is 67.9 Å². The molecule has 4 rings (SSSR count). The van der Waals surface area contributed by atoms with Gasteiger partial charge >= 0.3 is 17.6 Å². The third kappa shape index (κ3) is 20.1. The molecule has 0 aromatic carbocycles. The normalized spacial score (nSPS) is 31.0. The number of hydrogen-bond acceptors (Lipinski definition) is 12. The van der Waals surface area contributed by atoms with Crippen molar-refractivity contribution in [2.75, 3.05) is 0 Å². The van der Waals surface area contributed by atoms with Crippen LogP contribution in [0.2, 0.25) is 0 Å². The quantitative estimate of drug-likeness (QED) is 0.0328. The molecule has 13 heteroatoms. The van der Waals surface area contributed by atoms with Gasteiger partial charge in [-0.3, -0.25) is 0 Å². The van der Waals surface area contributed by atoms with Crippen LogP contribution in [0.5, 0.6) is 0 Å². The van der Waals surface area contributed by atoms with Crippen molar-refractivity contribution in [2.45, 2.75) is 388 Å². The van der Waals surface area contributed by atoms with Gasteiger partial charge in [-0.15, -0.1) is 0 Å². The van der Waals surface area contributed by atoms with E-state index in [9.17, 15) is 60.0 Å². The zero-order valence-electron chi connectivity index (χ0n) is 57.0. The van der Waals surface area contributed by atoms with Crippen LogP contribution in [0, 0.1) is 45.3 Å². The molecule has 4 fully saturated rings. The Balaban J connectivity index is 0.00000110. The number of rotatable bonds is 48. The number of carboxylic acid groups (broad SMARTS) is 4. The van der Waals surface area contributed by atoms with Crippen LogP contribution in [-0.2, 0) is 19.2 Å². The summed E-state index contributed by atoms with van der Waals surface area (Å²) in [5, 5.41) is 89.1. The van der Waals surface area contributed by atoms with Crippen molar-refractivity contribution in [3.05, 3.63) is 0 Å². The molecule has 12 atom stereocenters. The summed E-state index contributed by atoms with van der Waals surface area (Å²) >= 11 is 0. The fourth-order valence-corrected chi connectivity index (χ4v) is 16.5. The molecule has 4 saturated carbocycles. The molecule has 0 spiro atoms. The molecule has 0 radical (unpaired) electrons. The van der Waals surface area contributed by atoms with Crippen molar-refractivity contribution in [2.24, 2.45) is 45.3 Å². The minimum Gasteiger partial charge on any atom is -0.547 e. The van der Waals surface area contributed by atoms with Crippen molar-refractivity contribution in [1.29, 1.82) is 0 Å². The number of aliphatic carboxylic acids is 4. The number of carbonyl (C=O) groups excluding carboxylic acids is 4. The van der Waals surface area contributed by atoms with Crippen LogP contribution in [0.3, 0.4) is 0 Å². The van der Waals surface area contributed by atoms with Crippen LogP contribution in [0.15, 0.2) is 0 Å². The summed E-state index contributed by atoms with van der Waals surface area (Å²) < 4.78 is 0. The largest absolute Gasteiger partial charge is 4.00 e. The van der Waals surface area contributed by atoms with Gasteiger partial charge in [0.15, 0.2) is 0 Å². The Bertz CT molecular complexity index is 1580. The van der Waals surface area contributed by atoms with Gasteiger partial charge in [-0.25, -0.2) is 0 Å². The summed E-state index contributed by atoms with van der Waals surface area (Å²) in [5.41, 5.74) is -7.91. The molecule has 4 aliphatic carbocycles. The van der Waals surface area contributed by atoms with E-state index in [4.69, 9.17) is 0 Å². The Kier molecular flexibility index (Phi) is 40.8. The van der Waals surface area contributed by atoms with E-state index in [-0.39, 0.29) is 41.3 Å². The Hall–Kier alpha value is -1.74. The predicted octanol–water partition coefficient (Wildman–Crippen LogP) is 13.4. The Labute approximate surface area is 532 Å². The number of carbonyl (C=O) groups is 4. The molecule has 12 nitrogen and oxygen atoms in total. The van der Waals surface area contributed by atoms with Crippen molar-refractivity contribution in [1.82, 2.24) is 0 Å². The van der Waals surface area contributed by atoms with Gasteiger partial charge in [0.1, 0.15) is 22.4 Å². The molecule has 0 bridgehead atoms. The topological polar surface area (TPSA) is 241 Å². The second-order valence-corrected chi connectivity index (χ2v) is 27.3. The van der Waals surface area contributed by atoms with E-state index in [0.29, 0.717) is 0 Å². The summed E-state index contributed by atoms with van der Waals surface area (Å²) in [6.45, 7) is 25.6. The fraction of sp³-hybridized carbons (Fsp3) is 0.944. The average molecular weight is 1260 g/mol. The van der Waals surface area contributed by atoms with E-state index in [1.807, 2.05) is 0 Å². The number of hydrogen-bond donors (Lipinski definition) is 4. The third-order valence-corrected chi connectivity index (χ3v) is 21.8. The van der Waals surface area contributed by atoms with Crippen LogP contribution in [0.1, 0.15) is 366 Å². The maximum absolute atomic E-state index is 11.6. The van der Waals surface area contributed by atoms with E-state index in [2.05, 4.69) is 83.1 Å². The maximum atomic E-state index is 11.6. The molecule has 0 aliphatic heterocycles. The molecule has 0 saturated heterocycles. The second-order valence-electron chi connectivity index (χ2n) is 27.3. The van der Waals surface area contributed by atoms with Crippen LogP contribution < -0.4 is 20.4 Å². The molecule has 4 aliphatic rings. The maximum Gasteiger partial charge on any atom is 4.00 e. The van der Waals surface area contributed by atoms with Gasteiger partial charge in [-0.2, -0.15) is 0 Å². The Morgan fingerprint density at radius 2 is 0.388 bits per heavy atom. The SMILES string of the molecule is CCCCCCC1(CCCC)C(CCCC)C1(O)C(=O)[O-].CCCCCCC1(CCCC)C(CCCC)C1(O)C(=O)[O-].CCCCCCC1(CCCC)C(CCCC)C1(O)C(=O)[O-].CCCCCCC1(CCCC)C(CCCC)C1(O)C(=O)[O-].[Ge+4]. The van der Waals surface area contributed by atoms with E-state index in [0.717, 1.165) is 231 Å². The number of unbranched alkanes of at least 4 members (excludes halogenated alkanes) is 20. The first-order valence-electron chi connectivity index (χ1n) is 35.8. The van der Waals surface area contributed by atoms with Crippen molar-refractivity contribution in [3.63, 3.8) is 0 Å². The molecule has 85 heavy (non-hydrogen) atoms. The molecular weight excluding hydrogens is 1130 g/mol. The first-order valence-corrected chi connectivity index (χ1v) is 35.8. The minimum atomic E-state index is -1.57. The summed E-state index contributed by atoms with van der Waals surface area (Å²) in [4.78, 5) is 46.3. The molecule has 12 unspecified atom stereocenters. The van der Waals surface area contributed by atoms with Gasteiger partial charge in [0.25, 0.3) is 0 Å². The summed E-state index contributed by atoms with van der Waals surface area (Å²) in [5.74, 6) is -5.34. The Morgan fingerprint density at radius 3 is 0.518 bits per heavy atom. The van der Waals surface area contributed by atoms with Gasteiger partial charge in [0.05, 0.1) is 23.9 Å². The van der Waals surface area contributed by atoms with Crippen molar-refractivity contribution in [3.8, 4) is 0 Å². The predicted molar refractivity (Wildman–Crippen MR) is 341 cm³/mol. The standard InChI is InChI=1S/4C18H34O3.Ge/c4*1-4-7-10-11-14-17(13-9-6-3)15(12-8-5-2)18(17,21)16(19)20;/h4*15,21H,4-14H2,1-3H3,(H,19,20);/q;;;;+4/p-4. The minimum absolute atomic E-state index is 0. The molecule has 4 N–H and O–H groups in total.